The first-order valence-corrected chi connectivity index (χ1v) is 8.56. The Kier molecular flexibility index (Phi) is 5.00. The maximum Gasteiger partial charge on any atom is 0.243 e. The van der Waals surface area contributed by atoms with Crippen molar-refractivity contribution in [3.63, 3.8) is 0 Å². The second kappa shape index (κ2) is 6.60. The van der Waals surface area contributed by atoms with E-state index < -0.39 is 10.0 Å². The Balaban J connectivity index is 2.21. The highest BCUT2D eigenvalue weighted by Gasteiger charge is 2.22. The highest BCUT2D eigenvalue weighted by Crippen LogP contribution is 2.14. The molecule has 1 aromatic heterocycles. The summed E-state index contributed by atoms with van der Waals surface area (Å²) in [6.07, 6.45) is 2.79. The topological polar surface area (TPSA) is 84.2 Å². The van der Waals surface area contributed by atoms with Gasteiger partial charge in [-0.15, -0.1) is 0 Å². The zero-order valence-electron chi connectivity index (χ0n) is 12.9. The maximum atomic E-state index is 12.3. The summed E-state index contributed by atoms with van der Waals surface area (Å²) in [5, 5.41) is 13.2. The molecule has 7 heteroatoms. The van der Waals surface area contributed by atoms with Crippen LogP contribution >= 0.6 is 0 Å². The smallest absolute Gasteiger partial charge is 0.243 e. The minimum atomic E-state index is -3.65. The van der Waals surface area contributed by atoms with Crippen molar-refractivity contribution in [3.8, 4) is 5.69 Å². The van der Waals surface area contributed by atoms with Gasteiger partial charge in [-0.3, -0.25) is 0 Å². The highest BCUT2D eigenvalue weighted by atomic mass is 32.2. The fourth-order valence-electron chi connectivity index (χ4n) is 1.87. The van der Waals surface area contributed by atoms with Crippen LogP contribution in [-0.4, -0.2) is 36.0 Å². The zero-order chi connectivity index (χ0) is 16.3. The second-order valence-corrected chi connectivity index (χ2v) is 7.24. The lowest BCUT2D eigenvalue weighted by Gasteiger charge is -2.18. The first-order chi connectivity index (χ1) is 10.3. The van der Waals surface area contributed by atoms with E-state index in [2.05, 4.69) is 9.82 Å². The van der Waals surface area contributed by atoms with Gasteiger partial charge in [0, 0.05) is 12.6 Å². The van der Waals surface area contributed by atoms with E-state index in [-0.39, 0.29) is 23.5 Å². The number of aliphatic hydroxyl groups is 1. The van der Waals surface area contributed by atoms with E-state index in [1.807, 2.05) is 31.2 Å². The van der Waals surface area contributed by atoms with Gasteiger partial charge in [-0.2, -0.15) is 5.10 Å². The zero-order valence-corrected chi connectivity index (χ0v) is 13.7. The van der Waals surface area contributed by atoms with Crippen molar-refractivity contribution in [1.82, 2.24) is 14.5 Å². The van der Waals surface area contributed by atoms with E-state index in [4.69, 9.17) is 5.11 Å². The van der Waals surface area contributed by atoms with Crippen LogP contribution in [0.4, 0.5) is 0 Å². The van der Waals surface area contributed by atoms with Gasteiger partial charge < -0.3 is 5.11 Å². The Morgan fingerprint density at radius 2 is 1.91 bits per heavy atom. The predicted molar refractivity (Wildman–Crippen MR) is 84.3 cm³/mol. The SMILES string of the molecule is Cc1ccc(-n2cc(S(=O)(=O)NC(C)C(C)CO)cn2)cc1. The van der Waals surface area contributed by atoms with E-state index in [0.717, 1.165) is 11.3 Å². The van der Waals surface area contributed by atoms with Gasteiger partial charge in [-0.25, -0.2) is 17.8 Å². The molecule has 2 rings (SSSR count). The lowest BCUT2D eigenvalue weighted by molar-refractivity contribution is 0.216. The third kappa shape index (κ3) is 3.73. The van der Waals surface area contributed by atoms with E-state index in [1.165, 1.54) is 17.1 Å². The van der Waals surface area contributed by atoms with Crippen LogP contribution in [0.15, 0.2) is 41.6 Å². The van der Waals surface area contributed by atoms with E-state index in [1.54, 1.807) is 13.8 Å². The Labute approximate surface area is 130 Å². The monoisotopic (exact) mass is 323 g/mol. The van der Waals surface area contributed by atoms with Gasteiger partial charge in [0.1, 0.15) is 4.90 Å². The molecule has 2 N–H and O–H groups in total. The summed E-state index contributed by atoms with van der Waals surface area (Å²) in [5.41, 5.74) is 1.92. The largest absolute Gasteiger partial charge is 0.396 e. The number of nitrogens with zero attached hydrogens (tertiary/aromatic N) is 2. The molecule has 2 unspecified atom stereocenters. The number of aromatic nitrogens is 2. The molecular weight excluding hydrogens is 302 g/mol. The number of sulfonamides is 1. The van der Waals surface area contributed by atoms with Gasteiger partial charge in [-0.1, -0.05) is 24.6 Å². The molecule has 0 saturated heterocycles. The Hall–Kier alpha value is -1.70. The van der Waals surface area contributed by atoms with Crippen molar-refractivity contribution >= 4 is 10.0 Å². The number of aliphatic hydroxyl groups excluding tert-OH is 1. The van der Waals surface area contributed by atoms with Crippen LogP contribution in [0.25, 0.3) is 5.69 Å². The average Bonchev–Trinajstić information content (AvgIpc) is 2.97. The highest BCUT2D eigenvalue weighted by molar-refractivity contribution is 7.89. The third-order valence-corrected chi connectivity index (χ3v) is 5.16. The number of benzene rings is 1. The molecule has 0 amide bonds. The third-order valence-electron chi connectivity index (χ3n) is 3.65. The first kappa shape index (κ1) is 16.7. The summed E-state index contributed by atoms with van der Waals surface area (Å²) in [6.45, 7) is 5.41. The van der Waals surface area contributed by atoms with E-state index in [0.29, 0.717) is 0 Å². The first-order valence-electron chi connectivity index (χ1n) is 7.08. The van der Waals surface area contributed by atoms with Gasteiger partial charge in [0.2, 0.25) is 10.0 Å². The lowest BCUT2D eigenvalue weighted by atomic mass is 10.1. The average molecular weight is 323 g/mol. The standard InChI is InChI=1S/C15H21N3O3S/c1-11-4-6-14(7-5-11)18-9-15(8-16-18)22(20,21)17-13(3)12(2)10-19/h4-9,12-13,17,19H,10H2,1-3H3. The van der Waals surface area contributed by atoms with Crippen molar-refractivity contribution in [1.29, 1.82) is 0 Å². The molecule has 1 aromatic carbocycles. The Bertz CT molecular complexity index is 723. The van der Waals surface area contributed by atoms with Crippen LogP contribution in [0.2, 0.25) is 0 Å². The van der Waals surface area contributed by atoms with E-state index >= 15 is 0 Å². The molecule has 0 spiro atoms. The predicted octanol–water partition coefficient (Wildman–Crippen LogP) is 1.48. The summed E-state index contributed by atoms with van der Waals surface area (Å²) in [4.78, 5) is 0.102. The summed E-state index contributed by atoms with van der Waals surface area (Å²) in [7, 11) is -3.65. The van der Waals surface area contributed by atoms with Crippen LogP contribution in [0, 0.1) is 12.8 Å². The van der Waals surface area contributed by atoms with Gasteiger partial charge in [0.05, 0.1) is 18.1 Å². The maximum absolute atomic E-state index is 12.3. The molecule has 0 bridgehead atoms. The minimum Gasteiger partial charge on any atom is -0.396 e. The van der Waals surface area contributed by atoms with Gasteiger partial charge >= 0.3 is 0 Å². The van der Waals surface area contributed by atoms with Crippen molar-refractivity contribution < 1.29 is 13.5 Å². The van der Waals surface area contributed by atoms with Crippen LogP contribution in [-0.2, 0) is 10.0 Å². The Morgan fingerprint density at radius 1 is 1.27 bits per heavy atom. The Morgan fingerprint density at radius 3 is 2.50 bits per heavy atom. The lowest BCUT2D eigenvalue weighted by Crippen LogP contribution is -2.38. The molecule has 0 aliphatic heterocycles. The molecule has 120 valence electrons. The fraction of sp³-hybridized carbons (Fsp3) is 0.400. The number of hydrogen-bond donors (Lipinski definition) is 2. The van der Waals surface area contributed by atoms with Crippen molar-refractivity contribution in [3.05, 3.63) is 42.2 Å². The van der Waals surface area contributed by atoms with Gasteiger partial charge in [-0.05, 0) is 31.9 Å². The number of rotatable bonds is 6. The van der Waals surface area contributed by atoms with Crippen LogP contribution in [0.1, 0.15) is 19.4 Å². The molecule has 1 heterocycles. The molecule has 6 nitrogen and oxygen atoms in total. The van der Waals surface area contributed by atoms with Gasteiger partial charge in [0.25, 0.3) is 0 Å². The second-order valence-electron chi connectivity index (χ2n) is 5.53. The van der Waals surface area contributed by atoms with Crippen LogP contribution < -0.4 is 4.72 Å². The summed E-state index contributed by atoms with van der Waals surface area (Å²) in [5.74, 6) is -0.165. The fourth-order valence-corrected chi connectivity index (χ4v) is 3.15. The number of aryl methyl sites for hydroxylation is 1. The molecule has 0 saturated carbocycles. The number of hydrogen-bond acceptors (Lipinski definition) is 4. The molecule has 0 radical (unpaired) electrons. The number of nitrogens with one attached hydrogen (secondary N) is 1. The molecule has 0 aliphatic carbocycles. The van der Waals surface area contributed by atoms with Crippen molar-refractivity contribution in [2.45, 2.75) is 31.7 Å². The van der Waals surface area contributed by atoms with Gasteiger partial charge in [0.15, 0.2) is 0 Å². The molecule has 0 aliphatic rings. The normalized spacial score (nSPS) is 14.7. The molecule has 0 fully saturated rings. The van der Waals surface area contributed by atoms with Crippen molar-refractivity contribution in [2.24, 2.45) is 5.92 Å². The molecule has 2 aromatic rings. The minimum absolute atomic E-state index is 0.0771. The molecule has 2 atom stereocenters. The molecule has 22 heavy (non-hydrogen) atoms. The molecular formula is C15H21N3O3S. The van der Waals surface area contributed by atoms with E-state index in [9.17, 15) is 8.42 Å². The van der Waals surface area contributed by atoms with Crippen molar-refractivity contribution in [2.75, 3.05) is 6.61 Å². The summed E-state index contributed by atoms with van der Waals surface area (Å²) >= 11 is 0. The quantitative estimate of drug-likeness (QED) is 0.843. The summed E-state index contributed by atoms with van der Waals surface area (Å²) < 4.78 is 28.7. The summed E-state index contributed by atoms with van der Waals surface area (Å²) in [6, 6.07) is 7.27. The van der Waals surface area contributed by atoms with Crippen LogP contribution in [0.3, 0.4) is 0 Å². The van der Waals surface area contributed by atoms with Crippen LogP contribution in [0.5, 0.6) is 0 Å².